The van der Waals surface area contributed by atoms with Gasteiger partial charge in [-0.1, -0.05) is 24.6 Å². The van der Waals surface area contributed by atoms with E-state index in [-0.39, 0.29) is 0 Å². The highest BCUT2D eigenvalue weighted by Crippen LogP contribution is 2.31. The van der Waals surface area contributed by atoms with Crippen molar-refractivity contribution in [3.05, 3.63) is 29.3 Å². The molecular weight excluding hydrogens is 280 g/mol. The number of rotatable bonds is 6. The van der Waals surface area contributed by atoms with Gasteiger partial charge in [0.1, 0.15) is 0 Å². The van der Waals surface area contributed by atoms with Crippen LogP contribution >= 0.6 is 11.8 Å². The van der Waals surface area contributed by atoms with Crippen LogP contribution in [0.2, 0.25) is 0 Å². The molecule has 1 aromatic carbocycles. The first-order valence-corrected chi connectivity index (χ1v) is 8.85. The van der Waals surface area contributed by atoms with E-state index >= 15 is 0 Å². The highest BCUT2D eigenvalue weighted by Gasteiger charge is 2.26. The average Bonchev–Trinajstić information content (AvgIpc) is 2.47. The number of anilines is 1. The van der Waals surface area contributed by atoms with Gasteiger partial charge in [-0.25, -0.2) is 0 Å². The van der Waals surface area contributed by atoms with E-state index in [1.54, 1.807) is 7.11 Å². The maximum absolute atomic E-state index is 5.11. The molecule has 2 atom stereocenters. The molecule has 0 saturated carbocycles. The van der Waals surface area contributed by atoms with Gasteiger partial charge in [0.25, 0.3) is 0 Å². The van der Waals surface area contributed by atoms with Gasteiger partial charge in [-0.05, 0) is 25.5 Å². The fourth-order valence-corrected chi connectivity index (χ4v) is 3.91. The van der Waals surface area contributed by atoms with Gasteiger partial charge in [0.2, 0.25) is 0 Å². The van der Waals surface area contributed by atoms with Crippen LogP contribution in [0, 0.1) is 6.92 Å². The zero-order valence-corrected chi connectivity index (χ0v) is 14.5. The van der Waals surface area contributed by atoms with Crippen molar-refractivity contribution in [1.82, 2.24) is 5.32 Å². The topological polar surface area (TPSA) is 24.5 Å². The highest BCUT2D eigenvalue weighted by molar-refractivity contribution is 8.00. The summed E-state index contributed by atoms with van der Waals surface area (Å²) in [6.07, 6.45) is 0. The second kappa shape index (κ2) is 8.06. The van der Waals surface area contributed by atoms with Crippen molar-refractivity contribution in [2.75, 3.05) is 37.5 Å². The number of thioether (sulfide) groups is 1. The van der Waals surface area contributed by atoms with Crippen LogP contribution in [0.25, 0.3) is 0 Å². The predicted octanol–water partition coefficient (Wildman–Crippen LogP) is 3.06. The van der Waals surface area contributed by atoms with E-state index in [2.05, 4.69) is 60.9 Å². The standard InChI is InChI=1S/C17H28N2OS/c1-13-5-6-17(16(11-13)12-18-7-9-20-4)19-8-10-21-15(3)14(19)2/h5-6,11,14-15,18H,7-10,12H2,1-4H3. The van der Waals surface area contributed by atoms with Crippen LogP contribution in [0.15, 0.2) is 18.2 Å². The summed E-state index contributed by atoms with van der Waals surface area (Å²) in [6.45, 7) is 10.6. The minimum Gasteiger partial charge on any atom is -0.383 e. The van der Waals surface area contributed by atoms with E-state index in [4.69, 9.17) is 4.74 Å². The van der Waals surface area contributed by atoms with E-state index < -0.39 is 0 Å². The van der Waals surface area contributed by atoms with E-state index in [9.17, 15) is 0 Å². The van der Waals surface area contributed by atoms with Gasteiger partial charge in [0.05, 0.1) is 6.61 Å². The van der Waals surface area contributed by atoms with Crippen molar-refractivity contribution in [3.8, 4) is 0 Å². The largest absolute Gasteiger partial charge is 0.383 e. The molecule has 3 nitrogen and oxygen atoms in total. The van der Waals surface area contributed by atoms with E-state index in [0.29, 0.717) is 11.3 Å². The number of hydrogen-bond acceptors (Lipinski definition) is 4. The first-order chi connectivity index (χ1) is 10.1. The quantitative estimate of drug-likeness (QED) is 0.816. The van der Waals surface area contributed by atoms with Crippen molar-refractivity contribution in [2.45, 2.75) is 38.6 Å². The molecule has 2 unspecified atom stereocenters. The van der Waals surface area contributed by atoms with Crippen LogP contribution in [0.1, 0.15) is 25.0 Å². The zero-order chi connectivity index (χ0) is 15.2. The van der Waals surface area contributed by atoms with E-state index in [1.165, 1.54) is 22.6 Å². The van der Waals surface area contributed by atoms with E-state index in [1.807, 2.05) is 0 Å². The molecule has 4 heteroatoms. The molecule has 1 N–H and O–H groups in total. The van der Waals surface area contributed by atoms with Crippen molar-refractivity contribution >= 4 is 17.4 Å². The first kappa shape index (κ1) is 16.7. The molecule has 0 spiro atoms. The van der Waals surface area contributed by atoms with Gasteiger partial charge in [-0.2, -0.15) is 11.8 Å². The molecular formula is C17H28N2OS. The molecule has 1 aliphatic rings. The molecule has 0 aromatic heterocycles. The van der Waals surface area contributed by atoms with E-state index in [0.717, 1.165) is 26.2 Å². The second-order valence-electron chi connectivity index (χ2n) is 5.81. The second-order valence-corrected chi connectivity index (χ2v) is 7.30. The fraction of sp³-hybridized carbons (Fsp3) is 0.647. The van der Waals surface area contributed by atoms with Crippen LogP contribution in [0.3, 0.4) is 0 Å². The number of ether oxygens (including phenoxy) is 1. The van der Waals surface area contributed by atoms with Crippen LogP contribution in [-0.2, 0) is 11.3 Å². The van der Waals surface area contributed by atoms with Gasteiger partial charge in [-0.3, -0.25) is 0 Å². The van der Waals surface area contributed by atoms with Gasteiger partial charge in [-0.15, -0.1) is 0 Å². The summed E-state index contributed by atoms with van der Waals surface area (Å²) < 4.78 is 5.11. The zero-order valence-electron chi connectivity index (χ0n) is 13.7. The molecule has 21 heavy (non-hydrogen) atoms. The lowest BCUT2D eigenvalue weighted by Crippen LogP contribution is -2.45. The van der Waals surface area contributed by atoms with Crippen molar-refractivity contribution in [2.24, 2.45) is 0 Å². The Hall–Kier alpha value is -0.710. The summed E-state index contributed by atoms with van der Waals surface area (Å²) >= 11 is 2.08. The van der Waals surface area contributed by atoms with Crippen molar-refractivity contribution in [1.29, 1.82) is 0 Å². The Morgan fingerprint density at radius 3 is 2.95 bits per heavy atom. The molecule has 118 valence electrons. The predicted molar refractivity (Wildman–Crippen MR) is 93.5 cm³/mol. The minimum absolute atomic E-state index is 0.587. The summed E-state index contributed by atoms with van der Waals surface area (Å²) in [6, 6.07) is 7.42. The third-order valence-electron chi connectivity index (χ3n) is 4.23. The minimum atomic E-state index is 0.587. The smallest absolute Gasteiger partial charge is 0.0587 e. The highest BCUT2D eigenvalue weighted by atomic mass is 32.2. The lowest BCUT2D eigenvalue weighted by atomic mass is 10.1. The molecule has 1 saturated heterocycles. The molecule has 1 aromatic rings. The molecule has 1 heterocycles. The normalized spacial score (nSPS) is 22.6. The third kappa shape index (κ3) is 4.38. The number of hydrogen-bond donors (Lipinski definition) is 1. The lowest BCUT2D eigenvalue weighted by Gasteiger charge is -2.40. The van der Waals surface area contributed by atoms with Crippen LogP contribution in [0.4, 0.5) is 5.69 Å². The summed E-state index contributed by atoms with van der Waals surface area (Å²) in [5, 5.41) is 4.17. The molecule has 1 aliphatic heterocycles. The van der Waals surface area contributed by atoms with Gasteiger partial charge in [0.15, 0.2) is 0 Å². The summed E-state index contributed by atoms with van der Waals surface area (Å²) in [4.78, 5) is 2.58. The number of benzene rings is 1. The molecule has 0 aliphatic carbocycles. The first-order valence-electron chi connectivity index (χ1n) is 7.81. The van der Waals surface area contributed by atoms with Crippen molar-refractivity contribution in [3.63, 3.8) is 0 Å². The Bertz CT molecular complexity index is 452. The number of aryl methyl sites for hydroxylation is 1. The van der Waals surface area contributed by atoms with Gasteiger partial charge >= 0.3 is 0 Å². The Balaban J connectivity index is 2.13. The van der Waals surface area contributed by atoms with Crippen molar-refractivity contribution < 1.29 is 4.74 Å². The molecule has 0 amide bonds. The molecule has 0 radical (unpaired) electrons. The number of methoxy groups -OCH3 is 1. The van der Waals surface area contributed by atoms with Crippen LogP contribution < -0.4 is 10.2 Å². The Labute approximate surface area is 133 Å². The summed E-state index contributed by atoms with van der Waals surface area (Å²) in [7, 11) is 1.74. The molecule has 0 bridgehead atoms. The molecule has 1 fully saturated rings. The number of nitrogens with one attached hydrogen (secondary N) is 1. The Morgan fingerprint density at radius 1 is 1.38 bits per heavy atom. The SMILES string of the molecule is COCCNCc1cc(C)ccc1N1CCSC(C)C1C. The van der Waals surface area contributed by atoms with Crippen LogP contribution in [-0.4, -0.2) is 43.9 Å². The summed E-state index contributed by atoms with van der Waals surface area (Å²) in [5.41, 5.74) is 4.12. The maximum atomic E-state index is 5.11. The summed E-state index contributed by atoms with van der Waals surface area (Å²) in [5.74, 6) is 1.22. The third-order valence-corrected chi connectivity index (χ3v) is 5.56. The Morgan fingerprint density at radius 2 is 2.19 bits per heavy atom. The fourth-order valence-electron chi connectivity index (χ4n) is 2.81. The lowest BCUT2D eigenvalue weighted by molar-refractivity contribution is 0.199. The maximum Gasteiger partial charge on any atom is 0.0587 e. The average molecular weight is 308 g/mol. The monoisotopic (exact) mass is 308 g/mol. The Kier molecular flexibility index (Phi) is 6.40. The molecule has 2 rings (SSSR count). The van der Waals surface area contributed by atoms with Gasteiger partial charge in [0, 0.05) is 49.5 Å². The number of nitrogens with zero attached hydrogens (tertiary/aromatic N) is 1. The van der Waals surface area contributed by atoms with Gasteiger partial charge < -0.3 is 15.0 Å². The van der Waals surface area contributed by atoms with Crippen LogP contribution in [0.5, 0.6) is 0 Å².